The summed E-state index contributed by atoms with van der Waals surface area (Å²) < 4.78 is 179. The predicted molar refractivity (Wildman–Crippen MR) is 81.6 cm³/mol. The summed E-state index contributed by atoms with van der Waals surface area (Å²) in [5.74, 6) is -14.6. The molecule has 0 aliphatic rings. The van der Waals surface area contributed by atoms with Crippen molar-refractivity contribution in [2.75, 3.05) is 42.3 Å². The first-order valence-electron chi connectivity index (χ1n) is 7.47. The summed E-state index contributed by atoms with van der Waals surface area (Å²) in [7, 11) is 1.63. The fourth-order valence-corrected chi connectivity index (χ4v) is 4.88. The molecular weight excluding hydrogens is 497 g/mol. The topological polar surface area (TPSA) is 28.2 Å². The lowest BCUT2D eigenvalue weighted by molar-refractivity contribution is -0.525. The van der Waals surface area contributed by atoms with Crippen molar-refractivity contribution in [3.8, 4) is 0 Å². The van der Waals surface area contributed by atoms with E-state index in [0.717, 1.165) is 42.3 Å². The summed E-state index contributed by atoms with van der Waals surface area (Å²) in [6.45, 7) is 0. The average molecular weight is 515 g/mol. The number of alkyl halides is 13. The van der Waals surface area contributed by atoms with Gasteiger partial charge in [0.1, 0.15) is 0 Å². The van der Waals surface area contributed by atoms with Crippen molar-refractivity contribution < 1.29 is 66.0 Å². The Morgan fingerprint density at radius 3 is 1.06 bits per heavy atom. The maximum absolute atomic E-state index is 14.4. The van der Waals surface area contributed by atoms with Gasteiger partial charge in [-0.05, 0) is 42.3 Å². The second-order valence-corrected chi connectivity index (χ2v) is 9.58. The van der Waals surface area contributed by atoms with Crippen molar-refractivity contribution in [3.05, 3.63) is 0 Å². The van der Waals surface area contributed by atoms with E-state index < -0.39 is 47.2 Å². The van der Waals surface area contributed by atoms with E-state index in [9.17, 15) is 57.1 Å². The second-order valence-electron chi connectivity index (χ2n) is 6.29. The van der Waals surface area contributed by atoms with Gasteiger partial charge in [-0.15, -0.1) is 0 Å². The molecule has 0 N–H and O–H groups in total. The van der Waals surface area contributed by atoms with E-state index in [-0.39, 0.29) is 0 Å². The van der Waals surface area contributed by atoms with E-state index in [1.165, 1.54) is 0 Å². The molecule has 0 aliphatic heterocycles. The van der Waals surface area contributed by atoms with Crippen molar-refractivity contribution >= 4 is 10.9 Å². The third-order valence-electron chi connectivity index (χ3n) is 3.37. The molecule has 0 heterocycles. The number of nitrogens with zero attached hydrogens (tertiary/aromatic N) is 3. The molecule has 190 valence electrons. The van der Waals surface area contributed by atoms with Crippen molar-refractivity contribution in [2.45, 2.75) is 36.3 Å². The Hall–Kier alpha value is -0.760. The third-order valence-corrected chi connectivity index (χ3v) is 6.66. The fraction of sp³-hybridized carbons (Fsp3) is 1.00. The first-order chi connectivity index (χ1) is 13.2. The largest absolute Gasteiger partial charge is 0.462 e. The summed E-state index contributed by atoms with van der Waals surface area (Å²) in [6.07, 6.45) is -28.5. The normalized spacial score (nSPS) is 18.1. The van der Waals surface area contributed by atoms with E-state index in [1.807, 2.05) is 4.74 Å². The SMILES string of the molecule is CN(C)S(OC(F)(F)C(F)(OC(F)(F)C(F)(F)C(F)(F)F)C(F)(F)F)(N(C)C)N(C)C. The van der Waals surface area contributed by atoms with Crippen LogP contribution in [0, 0.1) is 0 Å². The van der Waals surface area contributed by atoms with Gasteiger partial charge in [-0.3, -0.25) is 4.74 Å². The highest BCUT2D eigenvalue weighted by atomic mass is 32.3. The first kappa shape index (κ1) is 30.2. The molecule has 31 heavy (non-hydrogen) atoms. The molecule has 0 amide bonds. The molecule has 0 bridgehead atoms. The summed E-state index contributed by atoms with van der Waals surface area (Å²) in [5, 5.41) is 0. The monoisotopic (exact) mass is 515 g/mol. The Bertz CT molecular complexity index is 602. The maximum atomic E-state index is 14.4. The number of ether oxygens (including phenoxy) is 1. The smallest absolute Gasteiger partial charge is 0.262 e. The molecule has 0 aromatic carbocycles. The van der Waals surface area contributed by atoms with Crippen molar-refractivity contribution in [1.82, 2.24) is 12.9 Å². The van der Waals surface area contributed by atoms with Crippen LogP contribution < -0.4 is 0 Å². The van der Waals surface area contributed by atoms with Crippen LogP contribution in [0.1, 0.15) is 0 Å². The van der Waals surface area contributed by atoms with Crippen molar-refractivity contribution in [1.29, 1.82) is 0 Å². The molecule has 0 spiro atoms. The van der Waals surface area contributed by atoms with Gasteiger partial charge < -0.3 is 0 Å². The maximum Gasteiger partial charge on any atom is 0.462 e. The summed E-state index contributed by atoms with van der Waals surface area (Å²) in [5.41, 5.74) is 0. The molecule has 5 nitrogen and oxygen atoms in total. The van der Waals surface area contributed by atoms with Gasteiger partial charge >= 0.3 is 36.3 Å². The van der Waals surface area contributed by atoms with Crippen LogP contribution in [0.25, 0.3) is 0 Å². The molecule has 0 rings (SSSR count). The molecule has 19 heteroatoms. The van der Waals surface area contributed by atoms with E-state index in [4.69, 9.17) is 0 Å². The zero-order valence-corrected chi connectivity index (χ0v) is 17.3. The van der Waals surface area contributed by atoms with Crippen LogP contribution in [0.4, 0.5) is 57.1 Å². The molecule has 1 atom stereocenters. The zero-order chi connectivity index (χ0) is 25.6. The minimum absolute atomic E-state index is 0.667. The van der Waals surface area contributed by atoms with Crippen LogP contribution in [0.5, 0.6) is 0 Å². The lowest BCUT2D eigenvalue weighted by Crippen LogP contribution is -2.66. The minimum Gasteiger partial charge on any atom is -0.262 e. The first-order valence-corrected chi connectivity index (χ1v) is 8.90. The van der Waals surface area contributed by atoms with Crippen molar-refractivity contribution in [3.63, 3.8) is 0 Å². The van der Waals surface area contributed by atoms with Crippen molar-refractivity contribution in [2.24, 2.45) is 0 Å². The molecular formula is C12H18F13N3O2S. The molecule has 0 saturated carbocycles. The van der Waals surface area contributed by atoms with Gasteiger partial charge in [0.2, 0.25) is 0 Å². The molecule has 0 saturated heterocycles. The summed E-state index contributed by atoms with van der Waals surface area (Å²) in [6, 6.07) is 0. The van der Waals surface area contributed by atoms with Crippen LogP contribution in [-0.2, 0) is 8.92 Å². The lowest BCUT2D eigenvalue weighted by Gasteiger charge is -2.54. The summed E-state index contributed by atoms with van der Waals surface area (Å²) in [4.78, 5) is 0. The van der Waals surface area contributed by atoms with Gasteiger partial charge in [-0.2, -0.15) is 57.1 Å². The second kappa shape index (κ2) is 8.54. The van der Waals surface area contributed by atoms with Crippen LogP contribution >= 0.6 is 10.9 Å². The minimum atomic E-state index is -7.48. The van der Waals surface area contributed by atoms with Gasteiger partial charge in [0.05, 0.1) is 10.9 Å². The molecule has 0 radical (unpaired) electrons. The highest BCUT2D eigenvalue weighted by Crippen LogP contribution is 2.62. The van der Waals surface area contributed by atoms with Crippen LogP contribution in [0.2, 0.25) is 0 Å². The molecule has 0 fully saturated rings. The van der Waals surface area contributed by atoms with E-state index in [1.54, 1.807) is 0 Å². The van der Waals surface area contributed by atoms with E-state index in [2.05, 4.69) is 4.18 Å². The molecule has 0 aromatic heterocycles. The number of halogens is 13. The van der Waals surface area contributed by atoms with E-state index in [0.29, 0.717) is 12.9 Å². The number of hydrogen-bond donors (Lipinski definition) is 0. The molecule has 1 unspecified atom stereocenters. The number of hydrogen-bond acceptors (Lipinski definition) is 5. The van der Waals surface area contributed by atoms with Gasteiger partial charge in [-0.25, -0.2) is 17.1 Å². The zero-order valence-electron chi connectivity index (χ0n) is 16.5. The van der Waals surface area contributed by atoms with E-state index >= 15 is 0 Å². The van der Waals surface area contributed by atoms with Gasteiger partial charge in [0.25, 0.3) is 0 Å². The highest BCUT2D eigenvalue weighted by Gasteiger charge is 2.84. The quantitative estimate of drug-likeness (QED) is 0.413. The third kappa shape index (κ3) is 5.10. The molecule has 0 aliphatic carbocycles. The predicted octanol–water partition coefficient (Wildman–Crippen LogP) is 4.78. The van der Waals surface area contributed by atoms with Gasteiger partial charge in [-0.1, -0.05) is 0 Å². The average Bonchev–Trinajstić information content (AvgIpc) is 2.48. The molecule has 0 aromatic rings. The Morgan fingerprint density at radius 2 is 0.839 bits per heavy atom. The number of rotatable bonds is 9. The van der Waals surface area contributed by atoms with Gasteiger partial charge in [0.15, 0.2) is 0 Å². The Labute approximate surface area is 169 Å². The lowest BCUT2D eigenvalue weighted by atomic mass is 10.2. The van der Waals surface area contributed by atoms with Crippen LogP contribution in [-0.4, -0.2) is 91.5 Å². The fourth-order valence-electron chi connectivity index (χ4n) is 2.09. The van der Waals surface area contributed by atoms with Gasteiger partial charge in [0, 0.05) is 0 Å². The Balaban J connectivity index is 6.72. The summed E-state index contributed by atoms with van der Waals surface area (Å²) >= 11 is 0. The Kier molecular flexibility index (Phi) is 8.34. The standard InChI is InChI=1S/C12H18F13N3O2S/c1-26(2)31(27(3)4,28(5)6)30-12(24,25)8(15,10(19,20)21)29-11(22,23)7(13,14)9(16,17)18/h1-6H3. The van der Waals surface area contributed by atoms with Crippen LogP contribution in [0.15, 0.2) is 0 Å². The van der Waals surface area contributed by atoms with Crippen LogP contribution in [0.3, 0.4) is 0 Å². The highest BCUT2D eigenvalue weighted by molar-refractivity contribution is 8.23. The Morgan fingerprint density at radius 1 is 0.516 bits per heavy atom.